The van der Waals surface area contributed by atoms with Crippen molar-refractivity contribution in [3.8, 4) is 22.8 Å². The fraction of sp³-hybridized carbons (Fsp3) is 0.217. The van der Waals surface area contributed by atoms with Crippen molar-refractivity contribution in [2.45, 2.75) is 13.3 Å². The van der Waals surface area contributed by atoms with E-state index in [9.17, 15) is 4.79 Å². The summed E-state index contributed by atoms with van der Waals surface area (Å²) in [6.45, 7) is 2.62. The van der Waals surface area contributed by atoms with Crippen LogP contribution in [0.2, 0.25) is 0 Å². The van der Waals surface area contributed by atoms with Crippen molar-refractivity contribution in [3.05, 3.63) is 54.2 Å². The molecule has 0 unspecified atom stereocenters. The summed E-state index contributed by atoms with van der Waals surface area (Å²) in [5.74, 6) is 1.15. The number of amides is 1. The van der Waals surface area contributed by atoms with E-state index >= 15 is 0 Å². The van der Waals surface area contributed by atoms with Crippen LogP contribution < -0.4 is 14.8 Å². The van der Waals surface area contributed by atoms with Crippen LogP contribution in [0, 0.1) is 0 Å². The number of hydrogen-bond acceptors (Lipinski definition) is 4. The molecule has 0 fully saturated rings. The Kier molecular flexibility index (Phi) is 5.08. The average molecular weight is 389 g/mol. The van der Waals surface area contributed by atoms with Gasteiger partial charge in [0.2, 0.25) is 0 Å². The normalized spacial score (nSPS) is 11.0. The Morgan fingerprint density at radius 1 is 1.07 bits per heavy atom. The van der Waals surface area contributed by atoms with Crippen molar-refractivity contribution < 1.29 is 14.3 Å². The quantitative estimate of drug-likeness (QED) is 0.508. The second-order valence-electron chi connectivity index (χ2n) is 6.77. The maximum atomic E-state index is 12.7. The van der Waals surface area contributed by atoms with Gasteiger partial charge in [-0.1, -0.05) is 25.1 Å². The lowest BCUT2D eigenvalue weighted by Crippen LogP contribution is -2.25. The summed E-state index contributed by atoms with van der Waals surface area (Å²) in [6, 6.07) is 15.4. The van der Waals surface area contributed by atoms with E-state index in [-0.39, 0.29) is 5.91 Å². The molecule has 2 N–H and O–H groups in total. The third kappa shape index (κ3) is 3.38. The molecule has 148 valence electrons. The zero-order valence-electron chi connectivity index (χ0n) is 16.7. The Labute approximate surface area is 168 Å². The van der Waals surface area contributed by atoms with Crippen molar-refractivity contribution >= 4 is 27.7 Å². The lowest BCUT2D eigenvalue weighted by molar-refractivity contribution is 0.0949. The topological polar surface area (TPSA) is 76.2 Å². The van der Waals surface area contributed by atoms with Gasteiger partial charge in [0, 0.05) is 28.4 Å². The van der Waals surface area contributed by atoms with Gasteiger partial charge in [0.25, 0.3) is 5.91 Å². The van der Waals surface area contributed by atoms with Crippen LogP contribution in [-0.2, 0) is 0 Å². The van der Waals surface area contributed by atoms with Gasteiger partial charge in [-0.2, -0.15) is 0 Å². The van der Waals surface area contributed by atoms with E-state index in [1.807, 2.05) is 55.5 Å². The first-order valence-electron chi connectivity index (χ1n) is 9.58. The summed E-state index contributed by atoms with van der Waals surface area (Å²) < 4.78 is 11.0. The Bertz CT molecular complexity index is 1200. The van der Waals surface area contributed by atoms with Gasteiger partial charge in [-0.05, 0) is 36.8 Å². The number of H-pyrrole nitrogens is 1. The summed E-state index contributed by atoms with van der Waals surface area (Å²) in [5.41, 5.74) is 3.61. The third-order valence-corrected chi connectivity index (χ3v) is 4.93. The molecular weight excluding hydrogens is 366 g/mol. The maximum Gasteiger partial charge on any atom is 0.269 e. The van der Waals surface area contributed by atoms with Gasteiger partial charge in [-0.3, -0.25) is 4.79 Å². The van der Waals surface area contributed by atoms with Crippen LogP contribution in [0.5, 0.6) is 11.5 Å². The van der Waals surface area contributed by atoms with Crippen LogP contribution in [0.25, 0.3) is 33.1 Å². The SMILES string of the molecule is CCCNC(=O)c1cc2c([nH]c3ccccc32)c(-c2cc(OC)ccc2OC)n1. The molecule has 0 aliphatic heterocycles. The molecule has 0 spiro atoms. The average Bonchev–Trinajstić information content (AvgIpc) is 3.15. The Morgan fingerprint density at radius 3 is 2.66 bits per heavy atom. The number of pyridine rings is 1. The number of fused-ring (bicyclic) bond motifs is 3. The minimum atomic E-state index is -0.192. The molecule has 2 aromatic heterocycles. The fourth-order valence-corrected chi connectivity index (χ4v) is 3.49. The van der Waals surface area contributed by atoms with Gasteiger partial charge in [0.1, 0.15) is 17.2 Å². The zero-order chi connectivity index (χ0) is 20.4. The van der Waals surface area contributed by atoms with Gasteiger partial charge in [0.15, 0.2) is 0 Å². The molecule has 0 saturated heterocycles. The van der Waals surface area contributed by atoms with Crippen LogP contribution in [-0.4, -0.2) is 36.6 Å². The number of para-hydroxylation sites is 1. The van der Waals surface area contributed by atoms with Crippen LogP contribution >= 0.6 is 0 Å². The van der Waals surface area contributed by atoms with Gasteiger partial charge in [0.05, 0.1) is 25.4 Å². The summed E-state index contributed by atoms with van der Waals surface area (Å²) >= 11 is 0. The van der Waals surface area contributed by atoms with Crippen molar-refractivity contribution in [1.29, 1.82) is 0 Å². The van der Waals surface area contributed by atoms with Crippen LogP contribution in [0.3, 0.4) is 0 Å². The van der Waals surface area contributed by atoms with Gasteiger partial charge in [-0.25, -0.2) is 4.98 Å². The Hall–Kier alpha value is -3.54. The zero-order valence-corrected chi connectivity index (χ0v) is 16.7. The lowest BCUT2D eigenvalue weighted by Gasteiger charge is -2.12. The van der Waals surface area contributed by atoms with E-state index in [1.54, 1.807) is 14.2 Å². The molecule has 0 bridgehead atoms. The molecule has 2 aromatic carbocycles. The van der Waals surface area contributed by atoms with Crippen LogP contribution in [0.1, 0.15) is 23.8 Å². The number of aromatic nitrogens is 2. The van der Waals surface area contributed by atoms with Crippen molar-refractivity contribution in [1.82, 2.24) is 15.3 Å². The standard InChI is InChI=1S/C23H23N3O3/c1-4-11-24-23(27)19-13-16-15-7-5-6-8-18(15)25-21(16)22(26-19)17-12-14(28-2)9-10-20(17)29-3/h5-10,12-13,25H,4,11H2,1-3H3,(H,24,27). The highest BCUT2D eigenvalue weighted by Gasteiger charge is 2.19. The number of methoxy groups -OCH3 is 2. The maximum absolute atomic E-state index is 12.7. The molecule has 6 nitrogen and oxygen atoms in total. The van der Waals surface area contributed by atoms with Gasteiger partial charge in [-0.15, -0.1) is 0 Å². The van der Waals surface area contributed by atoms with Crippen molar-refractivity contribution in [3.63, 3.8) is 0 Å². The van der Waals surface area contributed by atoms with E-state index in [0.29, 0.717) is 29.4 Å². The van der Waals surface area contributed by atoms with Crippen LogP contribution in [0.4, 0.5) is 0 Å². The molecule has 29 heavy (non-hydrogen) atoms. The second kappa shape index (κ2) is 7.83. The first-order valence-corrected chi connectivity index (χ1v) is 9.58. The van der Waals surface area contributed by atoms with E-state index < -0.39 is 0 Å². The summed E-state index contributed by atoms with van der Waals surface area (Å²) in [5, 5.41) is 4.90. The van der Waals surface area contributed by atoms with E-state index in [2.05, 4.69) is 10.3 Å². The molecule has 0 radical (unpaired) electrons. The molecule has 6 heteroatoms. The predicted octanol–water partition coefficient (Wildman–Crippen LogP) is 4.54. The molecule has 4 rings (SSSR count). The molecule has 2 heterocycles. The molecule has 1 amide bonds. The van der Waals surface area contributed by atoms with E-state index in [0.717, 1.165) is 33.8 Å². The summed E-state index contributed by atoms with van der Waals surface area (Å²) in [7, 11) is 3.23. The highest BCUT2D eigenvalue weighted by molar-refractivity contribution is 6.13. The number of carbonyl (C=O) groups excluding carboxylic acids is 1. The molecular formula is C23H23N3O3. The number of hydrogen-bond donors (Lipinski definition) is 2. The van der Waals surface area contributed by atoms with E-state index in [1.165, 1.54) is 0 Å². The van der Waals surface area contributed by atoms with E-state index in [4.69, 9.17) is 14.5 Å². The number of ether oxygens (including phenoxy) is 2. The number of benzene rings is 2. The van der Waals surface area contributed by atoms with Gasteiger partial charge >= 0.3 is 0 Å². The second-order valence-corrected chi connectivity index (χ2v) is 6.77. The minimum Gasteiger partial charge on any atom is -0.497 e. The predicted molar refractivity (Wildman–Crippen MR) is 115 cm³/mol. The molecule has 0 saturated carbocycles. The lowest BCUT2D eigenvalue weighted by atomic mass is 10.0. The van der Waals surface area contributed by atoms with Crippen molar-refractivity contribution in [2.24, 2.45) is 0 Å². The Balaban J connectivity index is 2.03. The number of nitrogens with one attached hydrogen (secondary N) is 2. The minimum absolute atomic E-state index is 0.192. The van der Waals surface area contributed by atoms with Crippen molar-refractivity contribution in [2.75, 3.05) is 20.8 Å². The fourth-order valence-electron chi connectivity index (χ4n) is 3.49. The number of nitrogens with zero attached hydrogens (tertiary/aromatic N) is 1. The smallest absolute Gasteiger partial charge is 0.269 e. The Morgan fingerprint density at radius 2 is 1.90 bits per heavy atom. The molecule has 0 aliphatic carbocycles. The highest BCUT2D eigenvalue weighted by atomic mass is 16.5. The first-order chi connectivity index (χ1) is 14.2. The molecule has 0 atom stereocenters. The monoisotopic (exact) mass is 389 g/mol. The molecule has 0 aliphatic rings. The number of aromatic amines is 1. The number of carbonyl (C=O) groups is 1. The first kappa shape index (κ1) is 18.8. The third-order valence-electron chi connectivity index (χ3n) is 4.93. The van der Waals surface area contributed by atoms with Crippen LogP contribution in [0.15, 0.2) is 48.5 Å². The summed E-state index contributed by atoms with van der Waals surface area (Å²) in [6.07, 6.45) is 0.859. The molecule has 4 aromatic rings. The highest BCUT2D eigenvalue weighted by Crippen LogP contribution is 2.38. The van der Waals surface area contributed by atoms with Gasteiger partial charge < -0.3 is 19.8 Å². The summed E-state index contributed by atoms with van der Waals surface area (Å²) in [4.78, 5) is 20.9. The number of rotatable bonds is 6. The largest absolute Gasteiger partial charge is 0.497 e.